The maximum atomic E-state index is 13.3. The highest BCUT2D eigenvalue weighted by atomic mass is 35.5. The number of hydrogen-bond donors (Lipinski definition) is 1. The van der Waals surface area contributed by atoms with Crippen molar-refractivity contribution in [1.29, 1.82) is 0 Å². The number of aryl methyl sites for hydroxylation is 1. The summed E-state index contributed by atoms with van der Waals surface area (Å²) in [7, 11) is -3.93. The first-order chi connectivity index (χ1) is 15.2. The van der Waals surface area contributed by atoms with Crippen molar-refractivity contribution in [3.63, 3.8) is 0 Å². The van der Waals surface area contributed by atoms with E-state index in [1.54, 1.807) is 30.6 Å². The summed E-state index contributed by atoms with van der Waals surface area (Å²) < 4.78 is 48.1. The van der Waals surface area contributed by atoms with Gasteiger partial charge in [0.1, 0.15) is 17.9 Å². The molecule has 2 heterocycles. The molecule has 0 atom stereocenters. The second kappa shape index (κ2) is 8.56. The molecule has 4 rings (SSSR count). The lowest BCUT2D eigenvalue weighted by atomic mass is 10.3. The molecule has 0 radical (unpaired) electrons. The fourth-order valence-corrected chi connectivity index (χ4v) is 4.13. The van der Waals surface area contributed by atoms with Gasteiger partial charge in [0, 0.05) is 17.4 Å². The lowest BCUT2D eigenvalue weighted by Crippen LogP contribution is -2.13. The number of imidazole rings is 1. The van der Waals surface area contributed by atoms with E-state index >= 15 is 0 Å². The molecule has 0 aliphatic heterocycles. The van der Waals surface area contributed by atoms with Crippen molar-refractivity contribution in [2.75, 3.05) is 4.72 Å². The third kappa shape index (κ3) is 4.56. The highest BCUT2D eigenvalue weighted by Gasteiger charge is 2.16. The van der Waals surface area contributed by atoms with Gasteiger partial charge >= 0.3 is 0 Å². The Hall–Kier alpha value is -3.50. The van der Waals surface area contributed by atoms with E-state index in [9.17, 15) is 12.8 Å². The number of benzene rings is 2. The largest absolute Gasteiger partial charge is 0.438 e. The molecule has 11 heteroatoms. The van der Waals surface area contributed by atoms with E-state index in [0.717, 1.165) is 29.6 Å². The SMILES string of the molecule is Cc1ncn(-c2ccc(Oc3ccc(NS(=O)(=O)c4ccc(F)c(Cl)c4)cc3)nn2)c1C. The Kier molecular flexibility index (Phi) is 5.81. The predicted molar refractivity (Wildman–Crippen MR) is 117 cm³/mol. The number of ether oxygens (including phenoxy) is 1. The minimum Gasteiger partial charge on any atom is -0.438 e. The molecule has 0 aliphatic carbocycles. The van der Waals surface area contributed by atoms with Crippen LogP contribution >= 0.6 is 11.6 Å². The first-order valence-electron chi connectivity index (χ1n) is 9.33. The minimum absolute atomic E-state index is 0.150. The topological polar surface area (TPSA) is 99.0 Å². The van der Waals surface area contributed by atoms with E-state index in [2.05, 4.69) is 19.9 Å². The van der Waals surface area contributed by atoms with E-state index in [1.807, 2.05) is 18.4 Å². The first-order valence-corrected chi connectivity index (χ1v) is 11.2. The van der Waals surface area contributed by atoms with Crippen LogP contribution in [-0.4, -0.2) is 28.2 Å². The van der Waals surface area contributed by atoms with Crippen LogP contribution < -0.4 is 9.46 Å². The summed E-state index contributed by atoms with van der Waals surface area (Å²) in [6.45, 7) is 3.85. The summed E-state index contributed by atoms with van der Waals surface area (Å²) in [6, 6.07) is 12.8. The first kappa shape index (κ1) is 21.7. The zero-order valence-corrected chi connectivity index (χ0v) is 18.5. The van der Waals surface area contributed by atoms with Gasteiger partial charge in [-0.15, -0.1) is 10.2 Å². The molecule has 0 bridgehead atoms. The average molecular weight is 474 g/mol. The predicted octanol–water partition coefficient (Wildman–Crippen LogP) is 4.66. The van der Waals surface area contributed by atoms with Crippen LogP contribution in [0.15, 0.2) is 65.8 Å². The van der Waals surface area contributed by atoms with E-state index < -0.39 is 15.8 Å². The molecule has 8 nitrogen and oxygen atoms in total. The van der Waals surface area contributed by atoms with E-state index in [4.69, 9.17) is 16.3 Å². The van der Waals surface area contributed by atoms with E-state index in [-0.39, 0.29) is 15.8 Å². The summed E-state index contributed by atoms with van der Waals surface area (Å²) in [5.41, 5.74) is 2.17. The molecule has 4 aromatic rings. The van der Waals surface area contributed by atoms with Gasteiger partial charge in [-0.2, -0.15) is 0 Å². The van der Waals surface area contributed by atoms with E-state index in [1.165, 1.54) is 12.1 Å². The van der Waals surface area contributed by atoms with Crippen LogP contribution in [0.5, 0.6) is 11.6 Å². The Balaban J connectivity index is 1.44. The van der Waals surface area contributed by atoms with Crippen molar-refractivity contribution in [3.05, 3.63) is 83.2 Å². The van der Waals surface area contributed by atoms with Crippen molar-refractivity contribution in [3.8, 4) is 17.4 Å². The number of anilines is 1. The number of nitrogens with one attached hydrogen (secondary N) is 1. The monoisotopic (exact) mass is 473 g/mol. The van der Waals surface area contributed by atoms with Gasteiger partial charge in [0.15, 0.2) is 5.82 Å². The van der Waals surface area contributed by atoms with Crippen LogP contribution in [0.25, 0.3) is 5.82 Å². The Labute approximate surface area is 188 Å². The maximum Gasteiger partial charge on any atom is 0.261 e. The number of rotatable bonds is 6. The molecular weight excluding hydrogens is 457 g/mol. The van der Waals surface area contributed by atoms with Gasteiger partial charge in [0.05, 0.1) is 15.6 Å². The third-order valence-electron chi connectivity index (χ3n) is 4.65. The van der Waals surface area contributed by atoms with Crippen molar-refractivity contribution in [2.45, 2.75) is 18.7 Å². The zero-order valence-electron chi connectivity index (χ0n) is 17.0. The summed E-state index contributed by atoms with van der Waals surface area (Å²) in [5.74, 6) is 0.631. The maximum absolute atomic E-state index is 13.3. The van der Waals surface area contributed by atoms with Crippen LogP contribution in [0, 0.1) is 19.7 Å². The fourth-order valence-electron chi connectivity index (χ4n) is 2.80. The van der Waals surface area contributed by atoms with Gasteiger partial charge in [0.25, 0.3) is 10.0 Å². The number of nitrogens with zero attached hydrogens (tertiary/aromatic N) is 4. The smallest absolute Gasteiger partial charge is 0.261 e. The van der Waals surface area contributed by atoms with Crippen LogP contribution in [0.2, 0.25) is 5.02 Å². The lowest BCUT2D eigenvalue weighted by Gasteiger charge is -2.10. The molecule has 0 amide bonds. The number of halogens is 2. The van der Waals surface area contributed by atoms with E-state index in [0.29, 0.717) is 17.3 Å². The summed E-state index contributed by atoms with van der Waals surface area (Å²) in [5, 5.41) is 7.94. The Morgan fingerprint density at radius 3 is 2.38 bits per heavy atom. The summed E-state index contributed by atoms with van der Waals surface area (Å²) in [4.78, 5) is 4.09. The van der Waals surface area contributed by atoms with Crippen molar-refractivity contribution in [1.82, 2.24) is 19.7 Å². The summed E-state index contributed by atoms with van der Waals surface area (Å²) in [6.07, 6.45) is 1.68. The highest BCUT2D eigenvalue weighted by Crippen LogP contribution is 2.25. The fraction of sp³-hybridized carbons (Fsp3) is 0.0952. The minimum atomic E-state index is -3.93. The zero-order chi connectivity index (χ0) is 22.9. The van der Waals surface area contributed by atoms with Gasteiger partial charge < -0.3 is 4.74 Å². The molecule has 1 N–H and O–H groups in total. The quantitative estimate of drug-likeness (QED) is 0.437. The Bertz CT molecular complexity index is 1370. The van der Waals surface area contributed by atoms with Crippen LogP contribution in [0.1, 0.15) is 11.4 Å². The van der Waals surface area contributed by atoms with Gasteiger partial charge in [-0.3, -0.25) is 9.29 Å². The number of sulfonamides is 1. The molecule has 164 valence electrons. The van der Waals surface area contributed by atoms with Crippen LogP contribution in [0.3, 0.4) is 0 Å². The van der Waals surface area contributed by atoms with Crippen molar-refractivity contribution >= 4 is 27.3 Å². The molecule has 0 unspecified atom stereocenters. The van der Waals surface area contributed by atoms with Gasteiger partial charge in [-0.05, 0) is 62.4 Å². The van der Waals surface area contributed by atoms with Crippen LogP contribution in [-0.2, 0) is 10.0 Å². The standard InChI is InChI=1S/C21H17ClFN5O3S/c1-13-14(2)28(12-24-13)20-9-10-21(26-25-20)31-16-5-3-15(4-6-16)27-32(29,30)17-7-8-19(23)18(22)11-17/h3-12,27H,1-2H3. The molecular formula is C21H17ClFN5O3S. The second-order valence-corrected chi connectivity index (χ2v) is 8.91. The summed E-state index contributed by atoms with van der Waals surface area (Å²) >= 11 is 5.67. The number of hydrogen-bond acceptors (Lipinski definition) is 6. The second-order valence-electron chi connectivity index (χ2n) is 6.82. The average Bonchev–Trinajstić information content (AvgIpc) is 3.10. The molecule has 0 fully saturated rings. The molecule has 32 heavy (non-hydrogen) atoms. The van der Waals surface area contributed by atoms with Gasteiger partial charge in [-0.25, -0.2) is 17.8 Å². The normalized spacial score (nSPS) is 11.4. The highest BCUT2D eigenvalue weighted by molar-refractivity contribution is 7.92. The molecule has 0 aliphatic rings. The molecule has 0 saturated carbocycles. The number of aromatic nitrogens is 4. The third-order valence-corrected chi connectivity index (χ3v) is 6.32. The molecule has 0 spiro atoms. The van der Waals surface area contributed by atoms with Gasteiger partial charge in [0.2, 0.25) is 5.88 Å². The molecule has 0 saturated heterocycles. The molecule has 2 aromatic heterocycles. The molecule has 2 aromatic carbocycles. The van der Waals surface area contributed by atoms with Crippen LogP contribution in [0.4, 0.5) is 10.1 Å². The Morgan fingerprint density at radius 2 is 1.78 bits per heavy atom. The van der Waals surface area contributed by atoms with Gasteiger partial charge in [-0.1, -0.05) is 11.6 Å². The lowest BCUT2D eigenvalue weighted by molar-refractivity contribution is 0.454. The Morgan fingerprint density at radius 1 is 1.03 bits per heavy atom. The van der Waals surface area contributed by atoms with Crippen molar-refractivity contribution in [2.24, 2.45) is 0 Å². The van der Waals surface area contributed by atoms with Crippen molar-refractivity contribution < 1.29 is 17.5 Å².